The normalized spacial score (nSPS) is 14.5. The molecule has 1 unspecified atom stereocenters. The molecule has 0 radical (unpaired) electrons. The van der Waals surface area contributed by atoms with Crippen molar-refractivity contribution in [1.82, 2.24) is 10.2 Å². The van der Waals surface area contributed by atoms with Crippen molar-refractivity contribution >= 4 is 50.7 Å². The van der Waals surface area contributed by atoms with Crippen molar-refractivity contribution in [2.75, 3.05) is 10.8 Å². The SMILES string of the molecule is Cc1c(Cl)cccc1N(CC(=O)N(Cc1cccc(Cl)c1)C(C)C(=O)NC1CCCC1)S(=O)(=O)c1ccccc1. The van der Waals surface area contributed by atoms with Crippen LogP contribution in [0.25, 0.3) is 0 Å². The molecule has 1 atom stereocenters. The Morgan fingerprint density at radius 2 is 1.65 bits per heavy atom. The molecule has 4 rings (SSSR count). The molecule has 1 N–H and O–H groups in total. The number of sulfonamides is 1. The third-order valence-electron chi connectivity index (χ3n) is 7.23. The summed E-state index contributed by atoms with van der Waals surface area (Å²) in [5.41, 5.74) is 1.53. The van der Waals surface area contributed by atoms with E-state index in [9.17, 15) is 18.0 Å². The fraction of sp³-hybridized carbons (Fsp3) is 0.333. The lowest BCUT2D eigenvalue weighted by molar-refractivity contribution is -0.139. The summed E-state index contributed by atoms with van der Waals surface area (Å²) in [6.07, 6.45) is 3.90. The number of benzene rings is 3. The van der Waals surface area contributed by atoms with Gasteiger partial charge in [-0.2, -0.15) is 0 Å². The van der Waals surface area contributed by atoms with Crippen LogP contribution in [0.1, 0.15) is 43.7 Å². The molecule has 1 fully saturated rings. The minimum absolute atomic E-state index is 0.0376. The lowest BCUT2D eigenvalue weighted by atomic mass is 10.1. The maximum Gasteiger partial charge on any atom is 0.264 e. The molecule has 2 amide bonds. The lowest BCUT2D eigenvalue weighted by Crippen LogP contribution is -2.52. The van der Waals surface area contributed by atoms with Crippen LogP contribution < -0.4 is 9.62 Å². The summed E-state index contributed by atoms with van der Waals surface area (Å²) < 4.78 is 28.9. The molecule has 3 aromatic rings. The minimum Gasteiger partial charge on any atom is -0.352 e. The Labute approximate surface area is 246 Å². The number of hydrogen-bond acceptors (Lipinski definition) is 4. The van der Waals surface area contributed by atoms with Gasteiger partial charge in [-0.25, -0.2) is 8.42 Å². The molecule has 0 spiro atoms. The molecule has 212 valence electrons. The maximum absolute atomic E-state index is 14.0. The van der Waals surface area contributed by atoms with Crippen molar-refractivity contribution in [1.29, 1.82) is 0 Å². The summed E-state index contributed by atoms with van der Waals surface area (Å²) in [6, 6.07) is 19.1. The van der Waals surface area contributed by atoms with Crippen molar-refractivity contribution in [2.24, 2.45) is 0 Å². The van der Waals surface area contributed by atoms with Gasteiger partial charge in [0.05, 0.1) is 10.6 Å². The van der Waals surface area contributed by atoms with E-state index in [1.54, 1.807) is 68.4 Å². The lowest BCUT2D eigenvalue weighted by Gasteiger charge is -2.33. The quantitative estimate of drug-likeness (QED) is 0.310. The van der Waals surface area contributed by atoms with Gasteiger partial charge < -0.3 is 10.2 Å². The van der Waals surface area contributed by atoms with E-state index in [2.05, 4.69) is 5.32 Å². The van der Waals surface area contributed by atoms with Crippen molar-refractivity contribution in [3.05, 3.63) is 94.0 Å². The third kappa shape index (κ3) is 6.97. The summed E-state index contributed by atoms with van der Waals surface area (Å²) in [6.45, 7) is 2.91. The first-order valence-corrected chi connectivity index (χ1v) is 15.4. The van der Waals surface area contributed by atoms with Crippen molar-refractivity contribution in [3.8, 4) is 0 Å². The number of nitrogens with one attached hydrogen (secondary N) is 1. The van der Waals surface area contributed by atoms with Gasteiger partial charge in [0.25, 0.3) is 10.0 Å². The van der Waals surface area contributed by atoms with Gasteiger partial charge in [0.2, 0.25) is 11.8 Å². The number of anilines is 1. The molecule has 10 heteroatoms. The summed E-state index contributed by atoms with van der Waals surface area (Å²) in [4.78, 5) is 28.8. The van der Waals surface area contributed by atoms with Gasteiger partial charge in [-0.15, -0.1) is 0 Å². The standard InChI is InChI=1S/C30H33Cl2N3O4S/c1-21-27(32)16-9-17-28(21)35(40(38,39)26-14-4-3-5-15-26)20-29(36)34(19-23-10-8-11-24(31)18-23)22(2)30(37)33-25-12-6-7-13-25/h3-5,8-11,14-18,22,25H,6-7,12-13,19-20H2,1-2H3,(H,33,37). The van der Waals surface area contributed by atoms with E-state index in [0.717, 1.165) is 35.6 Å². The molecule has 0 saturated heterocycles. The highest BCUT2D eigenvalue weighted by molar-refractivity contribution is 7.92. The Morgan fingerprint density at radius 3 is 2.33 bits per heavy atom. The molecule has 3 aromatic carbocycles. The van der Waals surface area contributed by atoms with Crippen LogP contribution in [0.5, 0.6) is 0 Å². The second kappa shape index (κ2) is 13.1. The van der Waals surface area contributed by atoms with Gasteiger partial charge >= 0.3 is 0 Å². The van der Waals surface area contributed by atoms with E-state index in [1.807, 2.05) is 6.07 Å². The number of carbonyl (C=O) groups excluding carboxylic acids is 2. The predicted octanol–water partition coefficient (Wildman–Crippen LogP) is 5.97. The van der Waals surface area contributed by atoms with E-state index >= 15 is 0 Å². The van der Waals surface area contributed by atoms with Gasteiger partial charge in [-0.3, -0.25) is 13.9 Å². The number of halogens is 2. The first kappa shape index (κ1) is 29.9. The highest BCUT2D eigenvalue weighted by Gasteiger charge is 2.34. The smallest absolute Gasteiger partial charge is 0.264 e. The molecule has 0 bridgehead atoms. The number of amides is 2. The molecule has 0 aromatic heterocycles. The Morgan fingerprint density at radius 1 is 0.975 bits per heavy atom. The summed E-state index contributed by atoms with van der Waals surface area (Å²) in [5.74, 6) is -0.813. The Bertz CT molecular complexity index is 1460. The molecule has 0 aliphatic heterocycles. The molecule has 0 heterocycles. The highest BCUT2D eigenvalue weighted by atomic mass is 35.5. The molecule has 1 saturated carbocycles. The molecule has 40 heavy (non-hydrogen) atoms. The maximum atomic E-state index is 14.0. The zero-order chi connectivity index (χ0) is 28.9. The minimum atomic E-state index is -4.16. The molecule has 7 nitrogen and oxygen atoms in total. The molecule has 1 aliphatic carbocycles. The van der Waals surface area contributed by atoms with Crippen molar-refractivity contribution in [3.63, 3.8) is 0 Å². The van der Waals surface area contributed by atoms with E-state index in [0.29, 0.717) is 15.6 Å². The topological polar surface area (TPSA) is 86.8 Å². The number of nitrogens with zero attached hydrogens (tertiary/aromatic N) is 2. The van der Waals surface area contributed by atoms with Gasteiger partial charge in [0, 0.05) is 22.6 Å². The average molecular weight is 603 g/mol. The first-order valence-electron chi connectivity index (χ1n) is 13.2. The van der Waals surface area contributed by atoms with Crippen molar-refractivity contribution in [2.45, 2.75) is 63.1 Å². The zero-order valence-corrected chi connectivity index (χ0v) is 24.8. The largest absolute Gasteiger partial charge is 0.352 e. The number of rotatable bonds is 10. The van der Waals surface area contributed by atoms with Crippen molar-refractivity contribution < 1.29 is 18.0 Å². The summed E-state index contributed by atoms with van der Waals surface area (Å²) >= 11 is 12.6. The van der Waals surface area contributed by atoms with E-state index in [-0.39, 0.29) is 29.1 Å². The molecule has 1 aliphatic rings. The second-order valence-electron chi connectivity index (χ2n) is 10.0. The number of hydrogen-bond donors (Lipinski definition) is 1. The fourth-order valence-electron chi connectivity index (χ4n) is 4.91. The molecular formula is C30H33Cl2N3O4S. The van der Waals surface area contributed by atoms with E-state index in [1.165, 1.54) is 17.0 Å². The fourth-order valence-corrected chi connectivity index (χ4v) is 6.78. The van der Waals surface area contributed by atoms with E-state index in [4.69, 9.17) is 23.2 Å². The van der Waals surface area contributed by atoms with Gasteiger partial charge in [0.1, 0.15) is 12.6 Å². The monoisotopic (exact) mass is 601 g/mol. The second-order valence-corrected chi connectivity index (χ2v) is 12.7. The van der Waals surface area contributed by atoms with Crippen LogP contribution in [0.4, 0.5) is 5.69 Å². The predicted molar refractivity (Wildman–Crippen MR) is 159 cm³/mol. The Hall–Kier alpha value is -3.07. The summed E-state index contributed by atoms with van der Waals surface area (Å²) in [5, 5.41) is 3.93. The van der Waals surface area contributed by atoms with Crippen LogP contribution in [0.3, 0.4) is 0 Å². The first-order chi connectivity index (χ1) is 19.1. The molecular weight excluding hydrogens is 569 g/mol. The third-order valence-corrected chi connectivity index (χ3v) is 9.65. The van der Waals surface area contributed by atoms with Crippen LogP contribution in [0.2, 0.25) is 10.0 Å². The number of carbonyl (C=O) groups is 2. The van der Waals surface area contributed by atoms with Gasteiger partial charge in [-0.05, 0) is 74.2 Å². The van der Waals surface area contributed by atoms with E-state index < -0.39 is 28.5 Å². The van der Waals surface area contributed by atoms with Gasteiger partial charge in [-0.1, -0.05) is 72.4 Å². The van der Waals surface area contributed by atoms with Crippen LogP contribution in [0, 0.1) is 6.92 Å². The Balaban J connectivity index is 1.71. The van der Waals surface area contributed by atoms with Crippen LogP contribution in [-0.4, -0.2) is 43.8 Å². The Kier molecular flexibility index (Phi) is 9.77. The zero-order valence-electron chi connectivity index (χ0n) is 22.5. The van der Waals surface area contributed by atoms with Crippen LogP contribution in [0.15, 0.2) is 77.7 Å². The average Bonchev–Trinajstić information content (AvgIpc) is 3.45. The summed E-state index contributed by atoms with van der Waals surface area (Å²) in [7, 11) is -4.16. The van der Waals surface area contributed by atoms with Gasteiger partial charge in [0.15, 0.2) is 0 Å². The van der Waals surface area contributed by atoms with Crippen LogP contribution >= 0.6 is 23.2 Å². The van der Waals surface area contributed by atoms with Crippen LogP contribution in [-0.2, 0) is 26.2 Å². The highest BCUT2D eigenvalue weighted by Crippen LogP contribution is 2.31.